The summed E-state index contributed by atoms with van der Waals surface area (Å²) in [6.45, 7) is 1.78. The largest absolute Gasteiger partial charge is 0.573 e. The number of carbonyl (C=O) groups excluding carboxylic acids is 1. The molecule has 0 aromatic heterocycles. The Hall–Kier alpha value is -2.50. The number of hydrogen-bond donors (Lipinski definition) is 0. The lowest BCUT2D eigenvalue weighted by atomic mass is 10.1. The lowest BCUT2D eigenvalue weighted by molar-refractivity contribution is -0.274. The van der Waals surface area contributed by atoms with E-state index in [-0.39, 0.29) is 11.5 Å². The van der Waals surface area contributed by atoms with Gasteiger partial charge in [0.05, 0.1) is 0 Å². The summed E-state index contributed by atoms with van der Waals surface area (Å²) < 4.78 is 45.4. The van der Waals surface area contributed by atoms with Crippen LogP contribution < -0.4 is 9.47 Å². The van der Waals surface area contributed by atoms with Crippen molar-refractivity contribution in [3.05, 3.63) is 54.1 Å². The molecular formula is C16H13F3O3. The second-order valence-electron chi connectivity index (χ2n) is 4.42. The molecule has 2 aromatic carbocycles. The number of halogens is 3. The fraction of sp³-hybridized carbons (Fsp3) is 0.188. The number of hydrogen-bond acceptors (Lipinski definition) is 3. The summed E-state index contributed by atoms with van der Waals surface area (Å²) in [7, 11) is 0. The minimum atomic E-state index is -4.72. The van der Waals surface area contributed by atoms with Crippen LogP contribution in [0.3, 0.4) is 0 Å². The molecule has 0 atom stereocenters. The van der Waals surface area contributed by atoms with Gasteiger partial charge in [-0.1, -0.05) is 6.92 Å². The second-order valence-corrected chi connectivity index (χ2v) is 4.42. The molecule has 0 saturated heterocycles. The Morgan fingerprint density at radius 1 is 0.909 bits per heavy atom. The molecule has 0 aliphatic heterocycles. The highest BCUT2D eigenvalue weighted by Gasteiger charge is 2.30. The molecule has 3 nitrogen and oxygen atoms in total. The predicted octanol–water partition coefficient (Wildman–Crippen LogP) is 4.97. The lowest BCUT2D eigenvalue weighted by Crippen LogP contribution is -2.16. The highest BCUT2D eigenvalue weighted by Crippen LogP contribution is 2.27. The van der Waals surface area contributed by atoms with E-state index in [1.54, 1.807) is 31.2 Å². The van der Waals surface area contributed by atoms with E-state index in [0.717, 1.165) is 12.1 Å². The summed E-state index contributed by atoms with van der Waals surface area (Å²) in [6, 6.07) is 11.6. The van der Waals surface area contributed by atoms with E-state index in [2.05, 4.69) is 4.74 Å². The Labute approximate surface area is 125 Å². The van der Waals surface area contributed by atoms with Crippen LogP contribution in [0.15, 0.2) is 48.5 Å². The van der Waals surface area contributed by atoms with Gasteiger partial charge in [0.25, 0.3) is 0 Å². The van der Waals surface area contributed by atoms with Gasteiger partial charge >= 0.3 is 6.36 Å². The van der Waals surface area contributed by atoms with Gasteiger partial charge in [0, 0.05) is 12.0 Å². The average Bonchev–Trinajstić information content (AvgIpc) is 2.48. The number of Topliss-reactive ketones (excluding diaryl/α,β-unsaturated/α-hetero) is 1. The fourth-order valence-corrected chi connectivity index (χ4v) is 1.76. The standard InChI is InChI=1S/C16H13F3O3/c1-2-15(20)11-3-5-12(6-4-11)21-13-7-9-14(10-8-13)22-16(17,18)19/h3-10H,2H2,1H3. The Kier molecular flexibility index (Phi) is 4.70. The van der Waals surface area contributed by atoms with Gasteiger partial charge in [0.15, 0.2) is 5.78 Å². The summed E-state index contributed by atoms with van der Waals surface area (Å²) in [5.41, 5.74) is 0.587. The van der Waals surface area contributed by atoms with Gasteiger partial charge in [-0.15, -0.1) is 13.2 Å². The summed E-state index contributed by atoms with van der Waals surface area (Å²) in [4.78, 5) is 11.5. The first-order valence-corrected chi connectivity index (χ1v) is 6.54. The number of ketones is 1. The lowest BCUT2D eigenvalue weighted by Gasteiger charge is -2.10. The summed E-state index contributed by atoms with van der Waals surface area (Å²) in [5.74, 6) is 0.560. The Morgan fingerprint density at radius 3 is 1.82 bits per heavy atom. The Morgan fingerprint density at radius 2 is 1.36 bits per heavy atom. The molecule has 0 fully saturated rings. The zero-order valence-corrected chi connectivity index (χ0v) is 11.7. The normalized spacial score (nSPS) is 11.1. The van der Waals surface area contributed by atoms with Gasteiger partial charge < -0.3 is 9.47 Å². The van der Waals surface area contributed by atoms with Crippen molar-refractivity contribution in [1.82, 2.24) is 0 Å². The zero-order valence-electron chi connectivity index (χ0n) is 11.7. The fourth-order valence-electron chi connectivity index (χ4n) is 1.76. The number of carbonyl (C=O) groups is 1. The molecule has 2 aromatic rings. The number of alkyl halides is 3. The van der Waals surface area contributed by atoms with Crippen LogP contribution in [-0.2, 0) is 0 Å². The summed E-state index contributed by atoms with van der Waals surface area (Å²) in [6.07, 6.45) is -4.30. The molecule has 0 unspecified atom stereocenters. The maximum absolute atomic E-state index is 12.0. The van der Waals surface area contributed by atoms with Crippen molar-refractivity contribution in [2.75, 3.05) is 0 Å². The van der Waals surface area contributed by atoms with Crippen LogP contribution in [0.1, 0.15) is 23.7 Å². The van der Waals surface area contributed by atoms with Crippen molar-refractivity contribution in [3.8, 4) is 17.2 Å². The molecular weight excluding hydrogens is 297 g/mol. The van der Waals surface area contributed by atoms with Crippen LogP contribution >= 0.6 is 0 Å². The first-order chi connectivity index (χ1) is 10.4. The minimum Gasteiger partial charge on any atom is -0.457 e. The van der Waals surface area contributed by atoms with E-state index in [9.17, 15) is 18.0 Å². The number of rotatable bonds is 5. The molecule has 2 rings (SSSR count). The molecule has 0 radical (unpaired) electrons. The van der Waals surface area contributed by atoms with Crippen LogP contribution in [0.25, 0.3) is 0 Å². The molecule has 0 N–H and O–H groups in total. The number of ether oxygens (including phenoxy) is 2. The van der Waals surface area contributed by atoms with E-state index < -0.39 is 6.36 Å². The molecule has 0 aliphatic rings. The van der Waals surface area contributed by atoms with Crippen molar-refractivity contribution in [3.63, 3.8) is 0 Å². The maximum atomic E-state index is 12.0. The minimum absolute atomic E-state index is 0.0280. The van der Waals surface area contributed by atoms with Crippen LogP contribution in [0.5, 0.6) is 17.2 Å². The van der Waals surface area contributed by atoms with Crippen LogP contribution in [0.2, 0.25) is 0 Å². The highest BCUT2D eigenvalue weighted by molar-refractivity contribution is 5.95. The molecule has 116 valence electrons. The zero-order chi connectivity index (χ0) is 16.2. The molecule has 0 amide bonds. The second kappa shape index (κ2) is 6.51. The first-order valence-electron chi connectivity index (χ1n) is 6.54. The maximum Gasteiger partial charge on any atom is 0.573 e. The Bertz CT molecular complexity index is 631. The van der Waals surface area contributed by atoms with Gasteiger partial charge in [-0.05, 0) is 48.5 Å². The van der Waals surface area contributed by atoms with Crippen molar-refractivity contribution in [2.24, 2.45) is 0 Å². The monoisotopic (exact) mass is 310 g/mol. The number of benzene rings is 2. The third-order valence-electron chi connectivity index (χ3n) is 2.79. The van der Waals surface area contributed by atoms with E-state index in [0.29, 0.717) is 23.5 Å². The van der Waals surface area contributed by atoms with Crippen LogP contribution in [-0.4, -0.2) is 12.1 Å². The molecule has 6 heteroatoms. The van der Waals surface area contributed by atoms with Crippen molar-refractivity contribution in [2.45, 2.75) is 19.7 Å². The Balaban J connectivity index is 2.03. The van der Waals surface area contributed by atoms with Gasteiger partial charge in [-0.25, -0.2) is 0 Å². The molecule has 0 aliphatic carbocycles. The van der Waals surface area contributed by atoms with Gasteiger partial charge in [0.1, 0.15) is 17.2 Å². The predicted molar refractivity (Wildman–Crippen MR) is 74.3 cm³/mol. The van der Waals surface area contributed by atoms with Crippen molar-refractivity contribution >= 4 is 5.78 Å². The SMILES string of the molecule is CCC(=O)c1ccc(Oc2ccc(OC(F)(F)F)cc2)cc1. The molecule has 0 bridgehead atoms. The van der Waals surface area contributed by atoms with Gasteiger partial charge in [-0.3, -0.25) is 4.79 Å². The quantitative estimate of drug-likeness (QED) is 0.731. The average molecular weight is 310 g/mol. The van der Waals surface area contributed by atoms with Crippen molar-refractivity contribution < 1.29 is 27.4 Å². The van der Waals surface area contributed by atoms with Gasteiger partial charge in [0.2, 0.25) is 0 Å². The van der Waals surface area contributed by atoms with Crippen LogP contribution in [0.4, 0.5) is 13.2 Å². The third-order valence-corrected chi connectivity index (χ3v) is 2.79. The smallest absolute Gasteiger partial charge is 0.457 e. The topological polar surface area (TPSA) is 35.5 Å². The summed E-state index contributed by atoms with van der Waals surface area (Å²) in [5, 5.41) is 0. The van der Waals surface area contributed by atoms with Crippen LogP contribution in [0, 0.1) is 0 Å². The van der Waals surface area contributed by atoms with Crippen molar-refractivity contribution in [1.29, 1.82) is 0 Å². The molecule has 22 heavy (non-hydrogen) atoms. The van der Waals surface area contributed by atoms with E-state index in [4.69, 9.17) is 4.74 Å². The highest BCUT2D eigenvalue weighted by atomic mass is 19.4. The van der Waals surface area contributed by atoms with E-state index in [1.165, 1.54) is 12.1 Å². The summed E-state index contributed by atoms with van der Waals surface area (Å²) >= 11 is 0. The molecule has 0 saturated carbocycles. The van der Waals surface area contributed by atoms with E-state index >= 15 is 0 Å². The molecule has 0 spiro atoms. The molecule has 0 heterocycles. The van der Waals surface area contributed by atoms with E-state index in [1.807, 2.05) is 0 Å². The third kappa shape index (κ3) is 4.51. The first kappa shape index (κ1) is 15.9. The van der Waals surface area contributed by atoms with Gasteiger partial charge in [-0.2, -0.15) is 0 Å².